The summed E-state index contributed by atoms with van der Waals surface area (Å²) in [6.45, 7) is 2.91. The van der Waals surface area contributed by atoms with Crippen LogP contribution in [0.25, 0.3) is 0 Å². The van der Waals surface area contributed by atoms with Gasteiger partial charge in [-0.25, -0.2) is 0 Å². The van der Waals surface area contributed by atoms with Gasteiger partial charge in [-0.05, 0) is 56.4 Å². The summed E-state index contributed by atoms with van der Waals surface area (Å²) < 4.78 is 36.6. The fourth-order valence-electron chi connectivity index (χ4n) is 4.04. The van der Waals surface area contributed by atoms with Crippen LogP contribution in [0.4, 0.5) is 13.2 Å². The van der Waals surface area contributed by atoms with Crippen LogP contribution in [-0.2, 0) is 0 Å². The summed E-state index contributed by atoms with van der Waals surface area (Å²) in [5, 5.41) is 3.43. The third-order valence-corrected chi connectivity index (χ3v) is 4.75. The molecule has 2 aliphatic carbocycles. The van der Waals surface area contributed by atoms with Gasteiger partial charge in [-0.3, -0.25) is 0 Å². The molecule has 0 heterocycles. The van der Waals surface area contributed by atoms with E-state index >= 15 is 0 Å². The van der Waals surface area contributed by atoms with Crippen LogP contribution < -0.4 is 5.32 Å². The molecule has 0 saturated heterocycles. The van der Waals surface area contributed by atoms with Crippen LogP contribution in [0.2, 0.25) is 0 Å². The van der Waals surface area contributed by atoms with Crippen molar-refractivity contribution < 1.29 is 13.2 Å². The van der Waals surface area contributed by atoms with Crippen molar-refractivity contribution >= 4 is 0 Å². The predicted molar refractivity (Wildman–Crippen MR) is 66.3 cm³/mol. The Morgan fingerprint density at radius 1 is 1.22 bits per heavy atom. The molecule has 4 unspecified atom stereocenters. The summed E-state index contributed by atoms with van der Waals surface area (Å²) in [6, 6.07) is 0.313. The third-order valence-electron chi connectivity index (χ3n) is 4.75. The normalized spacial score (nSPS) is 33.0. The molecule has 2 aliphatic rings. The van der Waals surface area contributed by atoms with Crippen molar-refractivity contribution in [1.82, 2.24) is 5.32 Å². The number of halogens is 3. The van der Waals surface area contributed by atoms with Gasteiger partial charge in [-0.2, -0.15) is 13.2 Å². The second kappa shape index (κ2) is 5.81. The van der Waals surface area contributed by atoms with Gasteiger partial charge in [0.25, 0.3) is 0 Å². The third kappa shape index (κ3) is 3.62. The molecule has 2 fully saturated rings. The largest absolute Gasteiger partial charge is 0.389 e. The zero-order chi connectivity index (χ0) is 13.2. The quantitative estimate of drug-likeness (QED) is 0.759. The van der Waals surface area contributed by atoms with Gasteiger partial charge < -0.3 is 5.32 Å². The lowest BCUT2D eigenvalue weighted by atomic mass is 9.81. The van der Waals surface area contributed by atoms with Gasteiger partial charge in [-0.15, -0.1) is 0 Å². The maximum atomic E-state index is 12.2. The topological polar surface area (TPSA) is 12.0 Å². The lowest BCUT2D eigenvalue weighted by Gasteiger charge is -2.31. The average Bonchev–Trinajstić information content (AvgIpc) is 2.87. The summed E-state index contributed by atoms with van der Waals surface area (Å²) in [4.78, 5) is 0. The molecule has 2 rings (SSSR count). The maximum Gasteiger partial charge on any atom is 0.389 e. The Morgan fingerprint density at radius 2 is 2.00 bits per heavy atom. The van der Waals surface area contributed by atoms with Gasteiger partial charge >= 0.3 is 6.18 Å². The van der Waals surface area contributed by atoms with Crippen molar-refractivity contribution in [2.24, 2.45) is 17.8 Å². The number of hydrogen-bond donors (Lipinski definition) is 1. The van der Waals surface area contributed by atoms with Crippen LogP contribution in [0, 0.1) is 17.8 Å². The molecule has 0 aromatic carbocycles. The van der Waals surface area contributed by atoms with Gasteiger partial charge in [0.15, 0.2) is 0 Å². The molecule has 4 heteroatoms. The molecular formula is C14H24F3N. The second-order valence-corrected chi connectivity index (χ2v) is 6.01. The molecule has 2 saturated carbocycles. The molecule has 2 bridgehead atoms. The summed E-state index contributed by atoms with van der Waals surface area (Å²) in [7, 11) is 0. The molecule has 4 atom stereocenters. The van der Waals surface area contributed by atoms with E-state index < -0.39 is 12.6 Å². The molecule has 0 aromatic rings. The Balaban J connectivity index is 1.80. The van der Waals surface area contributed by atoms with Crippen LogP contribution in [-0.4, -0.2) is 18.8 Å². The van der Waals surface area contributed by atoms with Crippen LogP contribution in [0.3, 0.4) is 0 Å². The van der Waals surface area contributed by atoms with Crippen molar-refractivity contribution in [2.75, 3.05) is 6.54 Å². The molecule has 1 nitrogen and oxygen atoms in total. The molecule has 0 spiro atoms. The lowest BCUT2D eigenvalue weighted by molar-refractivity contribution is -0.136. The highest BCUT2D eigenvalue weighted by molar-refractivity contribution is 4.95. The Labute approximate surface area is 108 Å². The minimum absolute atomic E-state index is 0.273. The van der Waals surface area contributed by atoms with E-state index in [2.05, 4.69) is 5.32 Å². The molecule has 0 aromatic heterocycles. The minimum atomic E-state index is -3.99. The molecule has 106 valence electrons. The molecular weight excluding hydrogens is 239 g/mol. The van der Waals surface area contributed by atoms with Gasteiger partial charge in [0.2, 0.25) is 0 Å². The SMILES string of the molecule is CCNC(CCCC(F)(F)F)C1CC2CCC1C2. The monoisotopic (exact) mass is 263 g/mol. The fourth-order valence-corrected chi connectivity index (χ4v) is 4.04. The first-order valence-electron chi connectivity index (χ1n) is 7.29. The van der Waals surface area contributed by atoms with Crippen molar-refractivity contribution in [2.45, 2.75) is 64.1 Å². The number of nitrogens with one attached hydrogen (secondary N) is 1. The number of fused-ring (bicyclic) bond motifs is 2. The van der Waals surface area contributed by atoms with Gasteiger partial charge in [0, 0.05) is 12.5 Å². The van der Waals surface area contributed by atoms with Crippen LogP contribution in [0.5, 0.6) is 0 Å². The van der Waals surface area contributed by atoms with Crippen molar-refractivity contribution in [3.05, 3.63) is 0 Å². The average molecular weight is 263 g/mol. The Morgan fingerprint density at radius 3 is 2.50 bits per heavy atom. The standard InChI is InChI=1S/C14H24F3N/c1-2-18-13(4-3-7-14(15,16)17)12-9-10-5-6-11(12)8-10/h10-13,18H,2-9H2,1H3. The number of hydrogen-bond acceptors (Lipinski definition) is 1. The molecule has 0 amide bonds. The van der Waals surface area contributed by atoms with Crippen LogP contribution in [0.15, 0.2) is 0 Å². The van der Waals surface area contributed by atoms with E-state index in [9.17, 15) is 13.2 Å². The van der Waals surface area contributed by atoms with Crippen LogP contribution >= 0.6 is 0 Å². The lowest BCUT2D eigenvalue weighted by Crippen LogP contribution is -2.38. The Hall–Kier alpha value is -0.250. The van der Waals surface area contributed by atoms with Gasteiger partial charge in [-0.1, -0.05) is 13.3 Å². The van der Waals surface area contributed by atoms with Crippen molar-refractivity contribution in [3.8, 4) is 0 Å². The summed E-state index contributed by atoms with van der Waals surface area (Å²) >= 11 is 0. The highest BCUT2D eigenvalue weighted by atomic mass is 19.4. The zero-order valence-electron chi connectivity index (χ0n) is 11.1. The Bertz CT molecular complexity index is 264. The molecule has 0 radical (unpaired) electrons. The van der Waals surface area contributed by atoms with E-state index in [1.165, 1.54) is 25.7 Å². The summed E-state index contributed by atoms with van der Waals surface area (Å²) in [5.41, 5.74) is 0. The first-order chi connectivity index (χ1) is 8.49. The maximum absolute atomic E-state index is 12.2. The van der Waals surface area contributed by atoms with E-state index in [0.29, 0.717) is 18.4 Å². The smallest absolute Gasteiger partial charge is 0.314 e. The molecule has 18 heavy (non-hydrogen) atoms. The van der Waals surface area contributed by atoms with E-state index in [-0.39, 0.29) is 6.42 Å². The van der Waals surface area contributed by atoms with Gasteiger partial charge in [0.05, 0.1) is 0 Å². The number of rotatable bonds is 6. The summed E-state index contributed by atoms with van der Waals surface area (Å²) in [6.07, 6.45) is 1.55. The number of alkyl halides is 3. The minimum Gasteiger partial charge on any atom is -0.314 e. The summed E-state index contributed by atoms with van der Waals surface area (Å²) in [5.74, 6) is 2.28. The predicted octanol–water partition coefficient (Wildman–Crippen LogP) is 4.13. The molecule has 1 N–H and O–H groups in total. The Kier molecular flexibility index (Phi) is 4.57. The first-order valence-corrected chi connectivity index (χ1v) is 7.29. The van der Waals surface area contributed by atoms with Gasteiger partial charge in [0.1, 0.15) is 0 Å². The first kappa shape index (κ1) is 14.2. The van der Waals surface area contributed by atoms with E-state index in [1.54, 1.807) is 0 Å². The van der Waals surface area contributed by atoms with E-state index in [4.69, 9.17) is 0 Å². The molecule has 0 aliphatic heterocycles. The fraction of sp³-hybridized carbons (Fsp3) is 1.00. The van der Waals surface area contributed by atoms with Crippen molar-refractivity contribution in [1.29, 1.82) is 0 Å². The van der Waals surface area contributed by atoms with E-state index in [1.807, 2.05) is 6.92 Å². The highest BCUT2D eigenvalue weighted by Crippen LogP contribution is 2.50. The highest BCUT2D eigenvalue weighted by Gasteiger charge is 2.42. The van der Waals surface area contributed by atoms with E-state index in [0.717, 1.165) is 18.4 Å². The van der Waals surface area contributed by atoms with Crippen molar-refractivity contribution in [3.63, 3.8) is 0 Å². The second-order valence-electron chi connectivity index (χ2n) is 6.01. The zero-order valence-corrected chi connectivity index (χ0v) is 11.1. The van der Waals surface area contributed by atoms with Crippen LogP contribution in [0.1, 0.15) is 51.9 Å².